The first-order chi connectivity index (χ1) is 19.3. The molecule has 0 amide bonds. The molecule has 3 aromatic carbocycles. The van der Waals surface area contributed by atoms with Crippen molar-refractivity contribution >= 4 is 17.0 Å². The second-order valence-corrected chi connectivity index (χ2v) is 9.83. The quantitative estimate of drug-likeness (QED) is 0.221. The van der Waals surface area contributed by atoms with Gasteiger partial charge in [0.25, 0.3) is 0 Å². The third kappa shape index (κ3) is 5.86. The van der Waals surface area contributed by atoms with Gasteiger partial charge in [0.15, 0.2) is 0 Å². The minimum atomic E-state index is -1.26. The highest BCUT2D eigenvalue weighted by molar-refractivity contribution is 5.76. The standard InChI is InChI=1S/C32H38N2O6/c1-6-11-22-15-21(20-34-28-14-10-9-13-27(28)33(8-3)32(34)37)16-23(12-7-2)29(22)40-30(31(35)36)24-17-25(38-4)19-26(18-24)39-5/h9-10,13-19,30H,6-8,11-12,20H2,1-5H3,(H,35,36). The lowest BCUT2D eigenvalue weighted by Crippen LogP contribution is -2.24. The summed E-state index contributed by atoms with van der Waals surface area (Å²) < 4.78 is 20.7. The van der Waals surface area contributed by atoms with Crippen molar-refractivity contribution in [3.05, 3.63) is 87.3 Å². The fourth-order valence-corrected chi connectivity index (χ4v) is 5.25. The van der Waals surface area contributed by atoms with Gasteiger partial charge in [-0.3, -0.25) is 9.13 Å². The van der Waals surface area contributed by atoms with Gasteiger partial charge in [-0.05, 0) is 60.7 Å². The number of rotatable bonds is 13. The lowest BCUT2D eigenvalue weighted by atomic mass is 9.97. The van der Waals surface area contributed by atoms with Gasteiger partial charge in [0.1, 0.15) is 17.2 Å². The van der Waals surface area contributed by atoms with E-state index in [1.807, 2.05) is 47.9 Å². The number of hydrogen-bond acceptors (Lipinski definition) is 5. The van der Waals surface area contributed by atoms with Crippen LogP contribution in [0, 0.1) is 0 Å². The maximum Gasteiger partial charge on any atom is 0.349 e. The first kappa shape index (κ1) is 28.8. The predicted molar refractivity (Wildman–Crippen MR) is 156 cm³/mol. The van der Waals surface area contributed by atoms with Crippen LogP contribution in [-0.4, -0.2) is 34.4 Å². The molecule has 0 aliphatic heterocycles. The number of carboxylic acid groups (broad SMARTS) is 1. The summed E-state index contributed by atoms with van der Waals surface area (Å²) in [7, 11) is 3.05. The first-order valence-electron chi connectivity index (χ1n) is 13.8. The van der Waals surface area contributed by atoms with Crippen LogP contribution in [0.15, 0.2) is 59.4 Å². The van der Waals surface area contributed by atoms with Crippen LogP contribution in [-0.2, 0) is 30.7 Å². The molecular formula is C32H38N2O6. The first-order valence-corrected chi connectivity index (χ1v) is 13.8. The zero-order chi connectivity index (χ0) is 28.8. The van der Waals surface area contributed by atoms with Crippen molar-refractivity contribution in [3.8, 4) is 17.2 Å². The van der Waals surface area contributed by atoms with Gasteiger partial charge in [0.05, 0.1) is 31.8 Å². The number of aliphatic carboxylic acids is 1. The van der Waals surface area contributed by atoms with E-state index in [-0.39, 0.29) is 5.69 Å². The van der Waals surface area contributed by atoms with Crippen molar-refractivity contribution in [1.82, 2.24) is 9.13 Å². The lowest BCUT2D eigenvalue weighted by molar-refractivity contribution is -0.145. The number of para-hydroxylation sites is 2. The fourth-order valence-electron chi connectivity index (χ4n) is 5.25. The molecule has 0 aliphatic carbocycles. The molecule has 1 unspecified atom stereocenters. The molecule has 0 saturated heterocycles. The Kier molecular flexibility index (Phi) is 9.19. The van der Waals surface area contributed by atoms with Gasteiger partial charge in [-0.25, -0.2) is 9.59 Å². The van der Waals surface area contributed by atoms with Crippen LogP contribution in [0.4, 0.5) is 0 Å². The van der Waals surface area contributed by atoms with E-state index in [4.69, 9.17) is 14.2 Å². The van der Waals surface area contributed by atoms with Gasteiger partial charge < -0.3 is 19.3 Å². The average molecular weight is 547 g/mol. The number of aromatic nitrogens is 2. The van der Waals surface area contributed by atoms with Crippen LogP contribution >= 0.6 is 0 Å². The average Bonchev–Trinajstić information content (AvgIpc) is 3.22. The highest BCUT2D eigenvalue weighted by Gasteiger charge is 2.26. The summed E-state index contributed by atoms with van der Waals surface area (Å²) in [5.74, 6) is 0.450. The Bertz CT molecular complexity index is 1500. The van der Waals surface area contributed by atoms with Crippen LogP contribution < -0.4 is 19.9 Å². The van der Waals surface area contributed by atoms with Crippen molar-refractivity contribution in [2.75, 3.05) is 14.2 Å². The number of ether oxygens (including phenoxy) is 3. The Balaban J connectivity index is 1.81. The highest BCUT2D eigenvalue weighted by atomic mass is 16.5. The Labute approximate surface area is 234 Å². The summed E-state index contributed by atoms with van der Waals surface area (Å²) >= 11 is 0. The van der Waals surface area contributed by atoms with E-state index in [9.17, 15) is 14.7 Å². The minimum Gasteiger partial charge on any atom is -0.497 e. The highest BCUT2D eigenvalue weighted by Crippen LogP contribution is 2.35. The zero-order valence-electron chi connectivity index (χ0n) is 23.9. The largest absolute Gasteiger partial charge is 0.497 e. The number of nitrogens with zero attached hydrogens (tertiary/aromatic N) is 2. The summed E-state index contributed by atoms with van der Waals surface area (Å²) in [4.78, 5) is 25.8. The van der Waals surface area contributed by atoms with E-state index in [0.717, 1.165) is 40.6 Å². The zero-order valence-corrected chi connectivity index (χ0v) is 23.9. The second-order valence-electron chi connectivity index (χ2n) is 9.83. The van der Waals surface area contributed by atoms with Gasteiger partial charge in [0.2, 0.25) is 6.10 Å². The van der Waals surface area contributed by atoms with Crippen LogP contribution in [0.3, 0.4) is 0 Å². The number of benzene rings is 3. The number of aryl methyl sites for hydroxylation is 3. The monoisotopic (exact) mass is 546 g/mol. The van der Waals surface area contributed by atoms with E-state index >= 15 is 0 Å². The molecule has 40 heavy (non-hydrogen) atoms. The molecular weight excluding hydrogens is 508 g/mol. The number of imidazole rings is 1. The molecule has 8 nitrogen and oxygen atoms in total. The maximum atomic E-state index is 13.3. The van der Waals surface area contributed by atoms with Crippen LogP contribution in [0.25, 0.3) is 11.0 Å². The van der Waals surface area contributed by atoms with E-state index in [0.29, 0.717) is 48.7 Å². The third-order valence-electron chi connectivity index (χ3n) is 7.06. The number of carbonyl (C=O) groups is 1. The molecule has 1 aromatic heterocycles. The summed E-state index contributed by atoms with van der Waals surface area (Å²) in [6.07, 6.45) is 1.86. The van der Waals surface area contributed by atoms with Crippen molar-refractivity contribution in [2.45, 2.75) is 65.6 Å². The second kappa shape index (κ2) is 12.8. The molecule has 4 rings (SSSR count). The van der Waals surface area contributed by atoms with Gasteiger partial charge >= 0.3 is 11.7 Å². The van der Waals surface area contributed by atoms with Crippen molar-refractivity contribution in [1.29, 1.82) is 0 Å². The normalized spacial score (nSPS) is 11.9. The summed E-state index contributed by atoms with van der Waals surface area (Å²) in [5.41, 5.74) is 5.02. The minimum absolute atomic E-state index is 0.0453. The molecule has 0 radical (unpaired) electrons. The molecule has 8 heteroatoms. The predicted octanol–water partition coefficient (Wildman–Crippen LogP) is 6.00. The summed E-state index contributed by atoms with van der Waals surface area (Å²) in [6.45, 7) is 7.13. The Morgan fingerprint density at radius 2 is 1.40 bits per heavy atom. The summed E-state index contributed by atoms with van der Waals surface area (Å²) in [6, 6.07) is 16.9. The van der Waals surface area contributed by atoms with Crippen molar-refractivity contribution in [3.63, 3.8) is 0 Å². The van der Waals surface area contributed by atoms with Crippen molar-refractivity contribution < 1.29 is 24.1 Å². The number of fused-ring (bicyclic) bond motifs is 1. The number of methoxy groups -OCH3 is 2. The number of carboxylic acids is 1. The Hall–Kier alpha value is -4.20. The Morgan fingerprint density at radius 1 is 0.850 bits per heavy atom. The smallest absolute Gasteiger partial charge is 0.349 e. The number of hydrogen-bond donors (Lipinski definition) is 1. The van der Waals surface area contributed by atoms with Crippen LogP contribution in [0.1, 0.15) is 62.0 Å². The summed E-state index contributed by atoms with van der Waals surface area (Å²) in [5, 5.41) is 10.2. The third-order valence-corrected chi connectivity index (χ3v) is 7.06. The topological polar surface area (TPSA) is 91.9 Å². The molecule has 1 heterocycles. The molecule has 1 N–H and O–H groups in total. The molecule has 0 bridgehead atoms. The maximum absolute atomic E-state index is 13.3. The van der Waals surface area contributed by atoms with Gasteiger partial charge in [-0.1, -0.05) is 51.0 Å². The molecule has 0 aliphatic rings. The Morgan fingerprint density at radius 3 is 1.88 bits per heavy atom. The van der Waals surface area contributed by atoms with E-state index in [1.54, 1.807) is 22.8 Å². The molecule has 4 aromatic rings. The van der Waals surface area contributed by atoms with Gasteiger partial charge in [-0.15, -0.1) is 0 Å². The molecule has 0 fully saturated rings. The van der Waals surface area contributed by atoms with E-state index in [1.165, 1.54) is 14.2 Å². The fraction of sp³-hybridized carbons (Fsp3) is 0.375. The molecule has 1 atom stereocenters. The van der Waals surface area contributed by atoms with E-state index < -0.39 is 12.1 Å². The lowest BCUT2D eigenvalue weighted by Gasteiger charge is -2.23. The van der Waals surface area contributed by atoms with Crippen molar-refractivity contribution in [2.24, 2.45) is 0 Å². The van der Waals surface area contributed by atoms with Gasteiger partial charge in [0, 0.05) is 18.2 Å². The van der Waals surface area contributed by atoms with E-state index in [2.05, 4.69) is 13.8 Å². The SMILES string of the molecule is CCCc1cc(Cn2c(=O)n(CC)c3ccccc32)cc(CCC)c1OC(C(=O)O)c1cc(OC)cc(OC)c1. The van der Waals surface area contributed by atoms with Crippen LogP contribution in [0.5, 0.6) is 17.2 Å². The van der Waals surface area contributed by atoms with Crippen LogP contribution in [0.2, 0.25) is 0 Å². The molecule has 0 spiro atoms. The van der Waals surface area contributed by atoms with Gasteiger partial charge in [-0.2, -0.15) is 0 Å². The molecule has 0 saturated carbocycles. The molecule has 212 valence electrons.